The number of nitrogens with zero attached hydrogens (tertiary/aromatic N) is 1. The fraction of sp³-hybridized carbons (Fsp3) is 0. The lowest BCUT2D eigenvalue weighted by molar-refractivity contribution is 1.30. The van der Waals surface area contributed by atoms with Gasteiger partial charge in [0.1, 0.15) is 0 Å². The minimum Gasteiger partial charge on any atom is -0.310 e. The Kier molecular flexibility index (Phi) is 6.75. The van der Waals surface area contributed by atoms with Gasteiger partial charge in [-0.1, -0.05) is 146 Å². The largest absolute Gasteiger partial charge is 0.310 e. The van der Waals surface area contributed by atoms with E-state index < -0.39 is 0 Å². The van der Waals surface area contributed by atoms with E-state index in [1.807, 2.05) is 11.3 Å². The molecule has 9 aromatic carbocycles. The SMILES string of the molecule is c1cc(-c2ccccc2N(c2ccc3c(ccc4ccccc43)c2)c2ccc3c(c2)sc2ccccc23)cc(-c2cccc3ccccc23)c1. The van der Waals surface area contributed by atoms with Crippen molar-refractivity contribution in [1.82, 2.24) is 0 Å². The molecule has 0 atom stereocenters. The molecule has 0 saturated carbocycles. The van der Waals surface area contributed by atoms with Crippen LogP contribution in [0.5, 0.6) is 0 Å². The maximum absolute atomic E-state index is 2.44. The molecule has 1 nitrogen and oxygen atoms in total. The van der Waals surface area contributed by atoms with Gasteiger partial charge in [0, 0.05) is 37.1 Å². The summed E-state index contributed by atoms with van der Waals surface area (Å²) in [6.07, 6.45) is 0. The third kappa shape index (κ3) is 4.76. The third-order valence-corrected chi connectivity index (χ3v) is 11.2. The van der Waals surface area contributed by atoms with Crippen LogP contribution in [-0.4, -0.2) is 0 Å². The second-order valence-corrected chi connectivity index (χ2v) is 14.0. The highest BCUT2D eigenvalue weighted by atomic mass is 32.1. The zero-order chi connectivity index (χ0) is 33.0. The van der Waals surface area contributed by atoms with Crippen LogP contribution in [0.2, 0.25) is 0 Å². The monoisotopic (exact) mass is 653 g/mol. The molecule has 2 heteroatoms. The van der Waals surface area contributed by atoms with Gasteiger partial charge >= 0.3 is 0 Å². The molecule has 234 valence electrons. The van der Waals surface area contributed by atoms with Gasteiger partial charge in [-0.15, -0.1) is 11.3 Å². The second kappa shape index (κ2) is 11.7. The molecule has 0 aliphatic carbocycles. The van der Waals surface area contributed by atoms with Gasteiger partial charge in [-0.3, -0.25) is 0 Å². The van der Waals surface area contributed by atoms with Crippen LogP contribution in [0.1, 0.15) is 0 Å². The Hall–Kier alpha value is -6.22. The molecule has 0 amide bonds. The first-order valence-electron chi connectivity index (χ1n) is 17.1. The van der Waals surface area contributed by atoms with Crippen molar-refractivity contribution < 1.29 is 0 Å². The third-order valence-electron chi connectivity index (χ3n) is 10.0. The quantitative estimate of drug-likeness (QED) is 0.167. The molecular formula is C48H31NS. The van der Waals surface area contributed by atoms with E-state index in [1.165, 1.54) is 74.7 Å². The van der Waals surface area contributed by atoms with E-state index in [1.54, 1.807) is 0 Å². The van der Waals surface area contributed by atoms with Gasteiger partial charge in [-0.25, -0.2) is 0 Å². The summed E-state index contributed by atoms with van der Waals surface area (Å²) in [6, 6.07) is 68.9. The summed E-state index contributed by atoms with van der Waals surface area (Å²) in [4.78, 5) is 2.44. The molecule has 50 heavy (non-hydrogen) atoms. The molecule has 10 aromatic rings. The van der Waals surface area contributed by atoms with Gasteiger partial charge in [-0.2, -0.15) is 0 Å². The normalized spacial score (nSPS) is 11.6. The summed E-state index contributed by atoms with van der Waals surface area (Å²) in [5.74, 6) is 0. The highest BCUT2D eigenvalue weighted by Gasteiger charge is 2.19. The van der Waals surface area contributed by atoms with Gasteiger partial charge in [0.15, 0.2) is 0 Å². The zero-order valence-corrected chi connectivity index (χ0v) is 28.1. The van der Waals surface area contributed by atoms with E-state index in [0.717, 1.165) is 17.1 Å². The topological polar surface area (TPSA) is 3.24 Å². The minimum atomic E-state index is 1.13. The lowest BCUT2D eigenvalue weighted by Gasteiger charge is -2.28. The number of para-hydroxylation sites is 1. The van der Waals surface area contributed by atoms with E-state index in [0.29, 0.717) is 0 Å². The van der Waals surface area contributed by atoms with Gasteiger partial charge in [0.05, 0.1) is 5.69 Å². The van der Waals surface area contributed by atoms with E-state index in [2.05, 4.69) is 193 Å². The molecule has 1 heterocycles. The molecule has 1 aromatic heterocycles. The molecule has 10 rings (SSSR count). The Bertz CT molecular complexity index is 2890. The van der Waals surface area contributed by atoms with Crippen molar-refractivity contribution in [3.8, 4) is 22.3 Å². The van der Waals surface area contributed by atoms with E-state index in [9.17, 15) is 0 Å². The van der Waals surface area contributed by atoms with Crippen molar-refractivity contribution in [3.05, 3.63) is 188 Å². The number of thiophene rings is 1. The van der Waals surface area contributed by atoms with Crippen molar-refractivity contribution in [3.63, 3.8) is 0 Å². The van der Waals surface area contributed by atoms with Crippen molar-refractivity contribution in [2.24, 2.45) is 0 Å². The van der Waals surface area contributed by atoms with Crippen LogP contribution in [0.4, 0.5) is 17.1 Å². The van der Waals surface area contributed by atoms with Gasteiger partial charge in [0.25, 0.3) is 0 Å². The Morgan fingerprint density at radius 3 is 1.76 bits per heavy atom. The number of rotatable bonds is 5. The highest BCUT2D eigenvalue weighted by Crippen LogP contribution is 2.45. The van der Waals surface area contributed by atoms with Crippen LogP contribution >= 0.6 is 11.3 Å². The molecule has 0 spiro atoms. The lowest BCUT2D eigenvalue weighted by atomic mass is 9.94. The minimum absolute atomic E-state index is 1.13. The summed E-state index contributed by atoms with van der Waals surface area (Å²) in [6.45, 7) is 0. The fourth-order valence-corrected chi connectivity index (χ4v) is 8.80. The maximum atomic E-state index is 2.44. The first-order valence-corrected chi connectivity index (χ1v) is 17.9. The van der Waals surface area contributed by atoms with Crippen molar-refractivity contribution in [1.29, 1.82) is 0 Å². The standard InChI is InChI=1S/C48H31NS/c1-3-16-39-32(11-1)13-10-20-41(39)34-14-9-15-35(29-34)43-18-5-7-21-46(43)49(38-26-28-45-44-19-6-8-22-47(44)50-48(45)31-38)37-25-27-42-36(30-37)24-23-33-12-2-4-17-40(33)42/h1-31H. The van der Waals surface area contributed by atoms with Crippen molar-refractivity contribution >= 4 is 80.9 Å². The lowest BCUT2D eigenvalue weighted by Crippen LogP contribution is -2.11. The molecule has 0 saturated heterocycles. The summed E-state index contributed by atoms with van der Waals surface area (Å²) in [5.41, 5.74) is 8.24. The first kappa shape index (κ1) is 28.8. The summed E-state index contributed by atoms with van der Waals surface area (Å²) in [5, 5.41) is 10.2. The maximum Gasteiger partial charge on any atom is 0.0540 e. The number of anilines is 3. The Balaban J connectivity index is 1.18. The highest BCUT2D eigenvalue weighted by molar-refractivity contribution is 7.25. The average molecular weight is 654 g/mol. The number of hydrogen-bond acceptors (Lipinski definition) is 2. The Morgan fingerprint density at radius 1 is 0.320 bits per heavy atom. The number of hydrogen-bond donors (Lipinski definition) is 0. The first-order chi connectivity index (χ1) is 24.8. The summed E-state index contributed by atoms with van der Waals surface area (Å²) >= 11 is 1.86. The van der Waals surface area contributed by atoms with Crippen molar-refractivity contribution in [2.45, 2.75) is 0 Å². The van der Waals surface area contributed by atoms with Gasteiger partial charge < -0.3 is 4.90 Å². The molecule has 0 bridgehead atoms. The van der Waals surface area contributed by atoms with E-state index in [4.69, 9.17) is 0 Å². The molecule has 0 radical (unpaired) electrons. The molecule has 0 aliphatic heterocycles. The Labute approximate surface area is 294 Å². The Morgan fingerprint density at radius 2 is 0.880 bits per heavy atom. The number of fused-ring (bicyclic) bond motifs is 7. The summed E-state index contributed by atoms with van der Waals surface area (Å²) in [7, 11) is 0. The molecule has 0 fully saturated rings. The predicted molar refractivity (Wildman–Crippen MR) is 217 cm³/mol. The molecule has 0 N–H and O–H groups in total. The van der Waals surface area contributed by atoms with Crippen LogP contribution in [-0.2, 0) is 0 Å². The van der Waals surface area contributed by atoms with Crippen LogP contribution in [0.25, 0.3) is 74.7 Å². The van der Waals surface area contributed by atoms with Crippen LogP contribution in [0.3, 0.4) is 0 Å². The zero-order valence-electron chi connectivity index (χ0n) is 27.3. The number of benzene rings is 9. The average Bonchev–Trinajstić information content (AvgIpc) is 3.56. The van der Waals surface area contributed by atoms with Gasteiger partial charge in [-0.05, 0) is 91.5 Å². The van der Waals surface area contributed by atoms with E-state index >= 15 is 0 Å². The van der Waals surface area contributed by atoms with Crippen LogP contribution in [0, 0.1) is 0 Å². The van der Waals surface area contributed by atoms with Gasteiger partial charge in [0.2, 0.25) is 0 Å². The molecular weight excluding hydrogens is 623 g/mol. The van der Waals surface area contributed by atoms with Crippen LogP contribution < -0.4 is 4.90 Å². The van der Waals surface area contributed by atoms with Crippen LogP contribution in [0.15, 0.2) is 188 Å². The summed E-state index contributed by atoms with van der Waals surface area (Å²) < 4.78 is 2.60. The predicted octanol–water partition coefficient (Wildman–Crippen LogP) is 14.3. The smallest absolute Gasteiger partial charge is 0.0540 e. The second-order valence-electron chi connectivity index (χ2n) is 12.9. The molecule has 0 aliphatic rings. The van der Waals surface area contributed by atoms with Crippen molar-refractivity contribution in [2.75, 3.05) is 4.90 Å². The van der Waals surface area contributed by atoms with E-state index in [-0.39, 0.29) is 0 Å². The fourth-order valence-electron chi connectivity index (χ4n) is 7.66. The molecule has 0 unspecified atom stereocenters.